The third kappa shape index (κ3) is 4.68. The van der Waals surface area contributed by atoms with Gasteiger partial charge in [-0.25, -0.2) is 0 Å². The summed E-state index contributed by atoms with van der Waals surface area (Å²) in [6.07, 6.45) is 0.647. The number of nitrogens with zero attached hydrogens (tertiary/aromatic N) is 2. The van der Waals surface area contributed by atoms with Crippen LogP contribution in [-0.4, -0.2) is 75.1 Å². The quantitative estimate of drug-likeness (QED) is 0.542. The van der Waals surface area contributed by atoms with Gasteiger partial charge in [-0.3, -0.25) is 9.59 Å². The second kappa shape index (κ2) is 9.99. The van der Waals surface area contributed by atoms with E-state index in [4.69, 9.17) is 18.6 Å². The average molecular weight is 459 g/mol. The number of benzene rings is 1. The van der Waals surface area contributed by atoms with Gasteiger partial charge in [0, 0.05) is 6.54 Å². The van der Waals surface area contributed by atoms with Gasteiger partial charge in [-0.1, -0.05) is 0 Å². The zero-order valence-electron chi connectivity index (χ0n) is 19.8. The summed E-state index contributed by atoms with van der Waals surface area (Å²) in [4.78, 5) is 29.9. The molecule has 1 aliphatic heterocycles. The summed E-state index contributed by atoms with van der Waals surface area (Å²) >= 11 is 0. The van der Waals surface area contributed by atoms with Gasteiger partial charge in [0.1, 0.15) is 5.76 Å². The smallest absolute Gasteiger partial charge is 0.290 e. The Hall–Kier alpha value is -3.46. The monoisotopic (exact) mass is 458 g/mol. The van der Waals surface area contributed by atoms with Crippen molar-refractivity contribution in [1.82, 2.24) is 9.80 Å². The number of aliphatic hydroxyl groups excluding tert-OH is 1. The van der Waals surface area contributed by atoms with E-state index in [-0.39, 0.29) is 11.3 Å². The van der Waals surface area contributed by atoms with Crippen molar-refractivity contribution in [2.75, 3.05) is 48.5 Å². The Balaban J connectivity index is 2.14. The Kier molecular flexibility index (Phi) is 7.33. The van der Waals surface area contributed by atoms with Crippen molar-refractivity contribution in [3.63, 3.8) is 0 Å². The van der Waals surface area contributed by atoms with Crippen LogP contribution in [0.25, 0.3) is 0 Å². The van der Waals surface area contributed by atoms with Gasteiger partial charge in [0.2, 0.25) is 11.5 Å². The van der Waals surface area contributed by atoms with Gasteiger partial charge >= 0.3 is 0 Å². The fourth-order valence-corrected chi connectivity index (χ4v) is 3.97. The minimum Gasteiger partial charge on any atom is -0.503 e. The maximum atomic E-state index is 13.4. The van der Waals surface area contributed by atoms with Gasteiger partial charge < -0.3 is 33.5 Å². The molecule has 2 aromatic rings. The lowest BCUT2D eigenvalue weighted by Gasteiger charge is -2.28. The van der Waals surface area contributed by atoms with E-state index in [2.05, 4.69) is 0 Å². The van der Waals surface area contributed by atoms with E-state index in [1.807, 2.05) is 19.0 Å². The van der Waals surface area contributed by atoms with Crippen molar-refractivity contribution in [3.8, 4) is 17.2 Å². The number of hydrogen-bond donors (Lipinski definition) is 1. The molecule has 0 radical (unpaired) electrons. The molecule has 0 spiro atoms. The molecule has 0 fully saturated rings. The first-order valence-electron chi connectivity index (χ1n) is 10.5. The third-order valence-corrected chi connectivity index (χ3v) is 5.52. The zero-order valence-corrected chi connectivity index (χ0v) is 19.8. The van der Waals surface area contributed by atoms with Crippen molar-refractivity contribution in [2.45, 2.75) is 19.4 Å². The molecule has 1 N–H and O–H groups in total. The molecule has 1 aliphatic rings. The van der Waals surface area contributed by atoms with Crippen LogP contribution in [0.3, 0.4) is 0 Å². The fourth-order valence-electron chi connectivity index (χ4n) is 3.97. The lowest BCUT2D eigenvalue weighted by atomic mass is 9.94. The number of Topliss-reactive ketones (excluding diaryl/α,β-unsaturated/α-hetero) is 1. The number of furan rings is 1. The number of hydrogen-bond acceptors (Lipinski definition) is 8. The molecular weight excluding hydrogens is 428 g/mol. The molecule has 1 aromatic heterocycles. The van der Waals surface area contributed by atoms with Crippen molar-refractivity contribution in [2.24, 2.45) is 0 Å². The summed E-state index contributed by atoms with van der Waals surface area (Å²) in [6, 6.07) is 5.69. The number of ether oxygens (including phenoxy) is 3. The lowest BCUT2D eigenvalue weighted by Crippen LogP contribution is -2.33. The topological polar surface area (TPSA) is 102 Å². The first-order chi connectivity index (χ1) is 15.7. The lowest BCUT2D eigenvalue weighted by molar-refractivity contribution is -0.129. The van der Waals surface area contributed by atoms with E-state index in [9.17, 15) is 14.7 Å². The van der Waals surface area contributed by atoms with E-state index in [1.165, 1.54) is 32.3 Å². The molecule has 3 rings (SSSR count). The molecule has 2 heterocycles. The van der Waals surface area contributed by atoms with Gasteiger partial charge in [-0.05, 0) is 63.8 Å². The number of carbonyl (C=O) groups excluding carboxylic acids is 2. The first kappa shape index (κ1) is 24.2. The van der Waals surface area contributed by atoms with Crippen LogP contribution in [0, 0.1) is 6.92 Å². The number of aryl methyl sites for hydroxylation is 1. The Labute approximate surface area is 193 Å². The van der Waals surface area contributed by atoms with Gasteiger partial charge in [-0.15, -0.1) is 0 Å². The van der Waals surface area contributed by atoms with E-state index in [1.54, 1.807) is 25.1 Å². The summed E-state index contributed by atoms with van der Waals surface area (Å²) < 4.78 is 21.8. The molecular formula is C24H30N2O7. The highest BCUT2D eigenvalue weighted by molar-refractivity contribution is 6.15. The standard InChI is InChI=1S/C24H30N2O7/c1-14-8-9-16(33-14)21(27)19-20(26(24(29)22(19)28)11-7-10-25(2)3)15-12-17(30-4)23(32-6)18(13-15)31-5/h8-9,12-13,20,28H,7,10-11H2,1-6H3. The van der Waals surface area contributed by atoms with Crippen LogP contribution in [-0.2, 0) is 4.79 Å². The van der Waals surface area contributed by atoms with Crippen molar-refractivity contribution in [1.29, 1.82) is 0 Å². The number of carbonyl (C=O) groups is 2. The summed E-state index contributed by atoms with van der Waals surface area (Å²) in [6.45, 7) is 2.78. The fraction of sp³-hybridized carbons (Fsp3) is 0.417. The molecule has 1 amide bonds. The van der Waals surface area contributed by atoms with Crippen molar-refractivity contribution >= 4 is 11.7 Å². The molecule has 9 nitrogen and oxygen atoms in total. The predicted octanol–water partition coefficient (Wildman–Crippen LogP) is 3.14. The summed E-state index contributed by atoms with van der Waals surface area (Å²) in [5.74, 6) is -0.0157. The number of amides is 1. The maximum absolute atomic E-state index is 13.4. The molecule has 0 bridgehead atoms. The molecule has 178 valence electrons. The van der Waals surface area contributed by atoms with Crippen molar-refractivity contribution < 1.29 is 33.3 Å². The second-order valence-corrected chi connectivity index (χ2v) is 8.02. The van der Waals surface area contributed by atoms with Crippen LogP contribution in [0.5, 0.6) is 17.2 Å². The van der Waals surface area contributed by atoms with E-state index >= 15 is 0 Å². The second-order valence-electron chi connectivity index (χ2n) is 8.02. The highest BCUT2D eigenvalue weighted by atomic mass is 16.5. The average Bonchev–Trinajstić information content (AvgIpc) is 3.33. The molecule has 9 heteroatoms. The Morgan fingerprint density at radius 1 is 1.12 bits per heavy atom. The van der Waals surface area contributed by atoms with E-state index < -0.39 is 23.5 Å². The number of methoxy groups -OCH3 is 3. The van der Waals surface area contributed by atoms with Gasteiger partial charge in [-0.2, -0.15) is 0 Å². The molecule has 33 heavy (non-hydrogen) atoms. The number of aliphatic hydroxyl groups is 1. The number of rotatable bonds is 10. The molecule has 0 saturated heterocycles. The van der Waals surface area contributed by atoms with E-state index in [0.717, 1.165) is 6.54 Å². The minimum atomic E-state index is -0.855. The van der Waals surface area contributed by atoms with Crippen LogP contribution < -0.4 is 14.2 Å². The zero-order chi connectivity index (χ0) is 24.3. The number of ketones is 1. The highest BCUT2D eigenvalue weighted by Gasteiger charge is 2.44. The molecule has 0 saturated carbocycles. The van der Waals surface area contributed by atoms with Gasteiger partial charge in [0.25, 0.3) is 5.91 Å². The maximum Gasteiger partial charge on any atom is 0.290 e. The summed E-state index contributed by atoms with van der Waals surface area (Å²) in [7, 11) is 8.34. The van der Waals surface area contributed by atoms with Gasteiger partial charge in [0.05, 0.1) is 32.9 Å². The first-order valence-corrected chi connectivity index (χ1v) is 10.5. The van der Waals surface area contributed by atoms with E-state index in [0.29, 0.717) is 41.5 Å². The Bertz CT molecular complexity index is 1050. The van der Waals surface area contributed by atoms with Crippen LogP contribution in [0.1, 0.15) is 34.3 Å². The summed E-state index contributed by atoms with van der Waals surface area (Å²) in [5, 5.41) is 10.8. The molecule has 1 unspecified atom stereocenters. The minimum absolute atomic E-state index is 0.0477. The normalized spacial score (nSPS) is 16.0. The van der Waals surface area contributed by atoms with Crippen LogP contribution in [0.15, 0.2) is 40.0 Å². The van der Waals surface area contributed by atoms with Crippen LogP contribution >= 0.6 is 0 Å². The van der Waals surface area contributed by atoms with Crippen LogP contribution in [0.2, 0.25) is 0 Å². The SMILES string of the molecule is COc1cc(C2C(C(=O)c3ccc(C)o3)=C(O)C(=O)N2CCCN(C)C)cc(OC)c1OC. The van der Waals surface area contributed by atoms with Crippen molar-refractivity contribution in [3.05, 3.63) is 52.7 Å². The predicted molar refractivity (Wildman–Crippen MR) is 121 cm³/mol. The molecule has 0 aliphatic carbocycles. The van der Waals surface area contributed by atoms with Gasteiger partial charge in [0.15, 0.2) is 23.0 Å². The Morgan fingerprint density at radius 2 is 1.76 bits per heavy atom. The molecule has 1 atom stereocenters. The van der Waals surface area contributed by atoms with Crippen LogP contribution in [0.4, 0.5) is 0 Å². The molecule has 1 aromatic carbocycles. The Morgan fingerprint density at radius 3 is 2.24 bits per heavy atom. The third-order valence-electron chi connectivity index (χ3n) is 5.52. The summed E-state index contributed by atoms with van der Waals surface area (Å²) in [5.41, 5.74) is 0.492. The largest absolute Gasteiger partial charge is 0.503 e. The highest BCUT2D eigenvalue weighted by Crippen LogP contribution is 2.45.